The second kappa shape index (κ2) is 7.17. The number of rotatable bonds is 4. The number of aromatic nitrogens is 1. The van der Waals surface area contributed by atoms with Crippen molar-refractivity contribution in [2.75, 3.05) is 0 Å². The lowest BCUT2D eigenvalue weighted by molar-refractivity contribution is 0.0954. The molecule has 0 spiro atoms. The van der Waals surface area contributed by atoms with E-state index in [0.717, 1.165) is 16.8 Å². The molecule has 0 fully saturated rings. The zero-order chi connectivity index (χ0) is 18.6. The molecule has 0 aliphatic carbocycles. The standard InChI is InChI=1S/C22H17N3O2/c26-21-9-3-7-18(14-21)22(27)24-23-15-20-8-4-12-25(20)19-11-10-16-5-1-2-6-17(16)13-19/h1-15,26H,(H,24,27)/b23-15-. The van der Waals surface area contributed by atoms with Crippen molar-refractivity contribution in [1.29, 1.82) is 0 Å². The maximum atomic E-state index is 12.1. The molecule has 0 bridgehead atoms. The summed E-state index contributed by atoms with van der Waals surface area (Å²) in [5.74, 6) is -0.345. The van der Waals surface area contributed by atoms with Gasteiger partial charge in [0, 0.05) is 17.4 Å². The minimum absolute atomic E-state index is 0.0387. The average Bonchev–Trinajstić information content (AvgIpc) is 3.16. The molecule has 0 aliphatic rings. The van der Waals surface area contributed by atoms with Gasteiger partial charge in [-0.1, -0.05) is 36.4 Å². The molecule has 5 nitrogen and oxygen atoms in total. The number of nitrogens with zero attached hydrogens (tertiary/aromatic N) is 2. The van der Waals surface area contributed by atoms with Crippen molar-refractivity contribution < 1.29 is 9.90 Å². The van der Waals surface area contributed by atoms with Crippen LogP contribution in [0.15, 0.2) is 90.2 Å². The Balaban J connectivity index is 1.54. The Bertz CT molecular complexity index is 1140. The lowest BCUT2D eigenvalue weighted by atomic mass is 10.1. The van der Waals surface area contributed by atoms with E-state index >= 15 is 0 Å². The topological polar surface area (TPSA) is 66.6 Å². The van der Waals surface area contributed by atoms with Gasteiger partial charge in [-0.05, 0) is 53.2 Å². The summed E-state index contributed by atoms with van der Waals surface area (Å²) in [4.78, 5) is 12.1. The van der Waals surface area contributed by atoms with Gasteiger partial charge in [0.1, 0.15) is 5.75 Å². The van der Waals surface area contributed by atoms with Crippen LogP contribution in [0.1, 0.15) is 16.1 Å². The van der Waals surface area contributed by atoms with Gasteiger partial charge in [-0.3, -0.25) is 4.79 Å². The first-order chi connectivity index (χ1) is 13.2. The van der Waals surface area contributed by atoms with Gasteiger partial charge in [-0.2, -0.15) is 5.10 Å². The molecule has 0 atom stereocenters. The minimum Gasteiger partial charge on any atom is -0.508 e. The molecule has 1 amide bonds. The number of benzene rings is 3. The van der Waals surface area contributed by atoms with Crippen LogP contribution in [0.3, 0.4) is 0 Å². The summed E-state index contributed by atoms with van der Waals surface area (Å²) in [6.07, 6.45) is 3.54. The molecule has 0 saturated carbocycles. The molecule has 27 heavy (non-hydrogen) atoms. The van der Waals surface area contributed by atoms with Crippen molar-refractivity contribution >= 4 is 22.9 Å². The quantitative estimate of drug-likeness (QED) is 0.427. The first-order valence-corrected chi connectivity index (χ1v) is 8.50. The van der Waals surface area contributed by atoms with E-state index in [1.165, 1.54) is 17.5 Å². The van der Waals surface area contributed by atoms with Crippen LogP contribution in [0.5, 0.6) is 5.75 Å². The normalized spacial score (nSPS) is 11.1. The number of phenolic OH excluding ortho intramolecular Hbond substituents is 1. The van der Waals surface area contributed by atoms with Gasteiger partial charge in [0.2, 0.25) is 0 Å². The second-order valence-electron chi connectivity index (χ2n) is 6.08. The van der Waals surface area contributed by atoms with Crippen LogP contribution in [0, 0.1) is 0 Å². The third-order valence-electron chi connectivity index (χ3n) is 4.26. The lowest BCUT2D eigenvalue weighted by Gasteiger charge is -2.08. The van der Waals surface area contributed by atoms with E-state index in [1.54, 1.807) is 18.3 Å². The van der Waals surface area contributed by atoms with Crippen molar-refractivity contribution in [2.45, 2.75) is 0 Å². The number of aromatic hydroxyl groups is 1. The zero-order valence-corrected chi connectivity index (χ0v) is 14.4. The Morgan fingerprint density at radius 3 is 2.63 bits per heavy atom. The highest BCUT2D eigenvalue weighted by Crippen LogP contribution is 2.19. The summed E-state index contributed by atoms with van der Waals surface area (Å²) in [5.41, 5.74) is 4.67. The monoisotopic (exact) mass is 355 g/mol. The van der Waals surface area contributed by atoms with Gasteiger partial charge < -0.3 is 9.67 Å². The van der Waals surface area contributed by atoms with E-state index in [0.29, 0.717) is 5.56 Å². The first-order valence-electron chi connectivity index (χ1n) is 8.50. The third-order valence-corrected chi connectivity index (χ3v) is 4.26. The highest BCUT2D eigenvalue weighted by Gasteiger charge is 2.05. The van der Waals surface area contributed by atoms with Crippen LogP contribution < -0.4 is 5.43 Å². The molecule has 4 aromatic rings. The maximum absolute atomic E-state index is 12.1. The minimum atomic E-state index is -0.383. The summed E-state index contributed by atoms with van der Waals surface area (Å²) in [6.45, 7) is 0. The molecule has 1 aromatic heterocycles. The molecule has 3 aromatic carbocycles. The van der Waals surface area contributed by atoms with E-state index in [9.17, 15) is 9.90 Å². The van der Waals surface area contributed by atoms with Crippen LogP contribution in [0.25, 0.3) is 16.5 Å². The van der Waals surface area contributed by atoms with Crippen LogP contribution in [0.2, 0.25) is 0 Å². The number of fused-ring (bicyclic) bond motifs is 1. The molecule has 0 radical (unpaired) electrons. The molecule has 4 rings (SSSR count). The van der Waals surface area contributed by atoms with Crippen LogP contribution in [0.4, 0.5) is 0 Å². The molecule has 5 heteroatoms. The number of hydrazone groups is 1. The van der Waals surface area contributed by atoms with E-state index < -0.39 is 0 Å². The molecule has 0 aliphatic heterocycles. The molecule has 0 saturated heterocycles. The number of nitrogens with one attached hydrogen (secondary N) is 1. The van der Waals surface area contributed by atoms with E-state index in [-0.39, 0.29) is 11.7 Å². The number of phenols is 1. The second-order valence-corrected chi connectivity index (χ2v) is 6.08. The fraction of sp³-hybridized carbons (Fsp3) is 0. The van der Waals surface area contributed by atoms with Crippen molar-refractivity contribution in [3.63, 3.8) is 0 Å². The fourth-order valence-corrected chi connectivity index (χ4v) is 2.93. The SMILES string of the molecule is O=C(N/N=C\c1cccn1-c1ccc2ccccc2c1)c1cccc(O)c1. The Labute approximate surface area is 156 Å². The Morgan fingerprint density at radius 1 is 0.926 bits per heavy atom. The van der Waals surface area contributed by atoms with Crippen molar-refractivity contribution in [1.82, 2.24) is 9.99 Å². The predicted octanol–water partition coefficient (Wildman–Crippen LogP) is 4.10. The summed E-state index contributed by atoms with van der Waals surface area (Å²) < 4.78 is 2.00. The Morgan fingerprint density at radius 2 is 1.78 bits per heavy atom. The molecular weight excluding hydrogens is 338 g/mol. The largest absolute Gasteiger partial charge is 0.508 e. The van der Waals surface area contributed by atoms with Gasteiger partial charge in [0.25, 0.3) is 5.91 Å². The van der Waals surface area contributed by atoms with Gasteiger partial charge in [0.15, 0.2) is 0 Å². The van der Waals surface area contributed by atoms with Crippen molar-refractivity contribution in [3.8, 4) is 11.4 Å². The number of hydrogen-bond acceptors (Lipinski definition) is 3. The summed E-state index contributed by atoms with van der Waals surface area (Å²) in [6, 6.07) is 24.4. The van der Waals surface area contributed by atoms with Gasteiger partial charge in [-0.25, -0.2) is 5.43 Å². The van der Waals surface area contributed by atoms with E-state index in [2.05, 4.69) is 34.8 Å². The van der Waals surface area contributed by atoms with Crippen LogP contribution >= 0.6 is 0 Å². The Kier molecular flexibility index (Phi) is 4.41. The first kappa shape index (κ1) is 16.6. The fourth-order valence-electron chi connectivity index (χ4n) is 2.93. The molecule has 1 heterocycles. The molecule has 2 N–H and O–H groups in total. The summed E-state index contributed by atoms with van der Waals surface area (Å²) in [7, 11) is 0. The Hall–Kier alpha value is -3.86. The molecule has 0 unspecified atom stereocenters. The van der Waals surface area contributed by atoms with Crippen LogP contribution in [-0.4, -0.2) is 21.8 Å². The van der Waals surface area contributed by atoms with Crippen molar-refractivity contribution in [2.24, 2.45) is 5.10 Å². The summed E-state index contributed by atoms with van der Waals surface area (Å²) >= 11 is 0. The number of carbonyl (C=O) groups is 1. The highest BCUT2D eigenvalue weighted by atomic mass is 16.3. The van der Waals surface area contributed by atoms with E-state index in [1.807, 2.05) is 41.1 Å². The molecule has 132 valence electrons. The summed E-state index contributed by atoms with van der Waals surface area (Å²) in [5, 5.41) is 15.8. The van der Waals surface area contributed by atoms with Crippen molar-refractivity contribution in [3.05, 3.63) is 96.3 Å². The number of hydrogen-bond donors (Lipinski definition) is 2. The lowest BCUT2D eigenvalue weighted by Crippen LogP contribution is -2.17. The smallest absolute Gasteiger partial charge is 0.271 e. The van der Waals surface area contributed by atoms with Gasteiger partial charge in [0.05, 0.1) is 11.9 Å². The van der Waals surface area contributed by atoms with E-state index in [4.69, 9.17) is 0 Å². The van der Waals surface area contributed by atoms with Gasteiger partial charge in [-0.15, -0.1) is 0 Å². The highest BCUT2D eigenvalue weighted by molar-refractivity contribution is 5.95. The molecular formula is C22H17N3O2. The third kappa shape index (κ3) is 3.57. The zero-order valence-electron chi connectivity index (χ0n) is 14.4. The maximum Gasteiger partial charge on any atom is 0.271 e. The predicted molar refractivity (Wildman–Crippen MR) is 106 cm³/mol. The van der Waals surface area contributed by atoms with Crippen LogP contribution in [-0.2, 0) is 0 Å². The number of carbonyl (C=O) groups excluding carboxylic acids is 1. The average molecular weight is 355 g/mol. The number of amides is 1. The van der Waals surface area contributed by atoms with Gasteiger partial charge >= 0.3 is 0 Å².